The van der Waals surface area contributed by atoms with E-state index in [1.807, 2.05) is 29.1 Å². The molecule has 3 aromatic rings. The van der Waals surface area contributed by atoms with Crippen LogP contribution < -0.4 is 10.6 Å². The first-order valence-corrected chi connectivity index (χ1v) is 11.1. The van der Waals surface area contributed by atoms with E-state index in [-0.39, 0.29) is 12.0 Å². The largest absolute Gasteiger partial charge is 0.376 e. The molecule has 0 bridgehead atoms. The van der Waals surface area contributed by atoms with Gasteiger partial charge in [-0.2, -0.15) is 10.1 Å². The highest BCUT2D eigenvalue weighted by Crippen LogP contribution is 2.40. The van der Waals surface area contributed by atoms with E-state index in [0.29, 0.717) is 23.8 Å². The van der Waals surface area contributed by atoms with Gasteiger partial charge in [-0.05, 0) is 43.0 Å². The number of nitrogens with one attached hydrogen (secondary N) is 2. The first-order chi connectivity index (χ1) is 14.6. The second kappa shape index (κ2) is 7.96. The summed E-state index contributed by atoms with van der Waals surface area (Å²) in [6, 6.07) is 5.81. The number of nitrogens with zero attached hydrogens (tertiary/aromatic N) is 4. The molecule has 2 aliphatic heterocycles. The highest BCUT2D eigenvalue weighted by atomic mass is 79.9. The standard InChI is InChI=1S/C21H23BrN6O2/c1-2-7-28-11-15-18(17-14-9-12(22)5-6-16(14)24-20(17)29)25-21(26-19(15)27-28)23-10-13-4-3-8-30-13/h5-6,9,11,13,17H,2-4,7-8,10H2,1H3,(H,24,29)(H,23,26,27)/t13-,17?/m0/s1. The molecule has 5 rings (SSSR count). The number of carbonyl (C=O) groups is 1. The molecular weight excluding hydrogens is 448 g/mol. The van der Waals surface area contributed by atoms with Gasteiger partial charge in [-0.15, -0.1) is 0 Å². The van der Waals surface area contributed by atoms with Gasteiger partial charge in [0.05, 0.1) is 17.2 Å². The molecule has 1 aromatic carbocycles. The average Bonchev–Trinajstić information content (AvgIpc) is 3.44. The number of amides is 1. The van der Waals surface area contributed by atoms with Crippen LogP contribution in [0.5, 0.6) is 0 Å². The van der Waals surface area contributed by atoms with Crippen molar-refractivity contribution in [3.63, 3.8) is 0 Å². The van der Waals surface area contributed by atoms with E-state index in [2.05, 4.69) is 43.6 Å². The van der Waals surface area contributed by atoms with E-state index in [0.717, 1.165) is 53.5 Å². The smallest absolute Gasteiger partial charge is 0.238 e. The minimum Gasteiger partial charge on any atom is -0.376 e. The summed E-state index contributed by atoms with van der Waals surface area (Å²) in [5.74, 6) is -0.118. The Bertz CT molecular complexity index is 1110. The Morgan fingerprint density at radius 2 is 2.27 bits per heavy atom. The Morgan fingerprint density at radius 3 is 3.07 bits per heavy atom. The van der Waals surface area contributed by atoms with Gasteiger partial charge < -0.3 is 15.4 Å². The number of ether oxygens (including phenoxy) is 1. The third-order valence-corrected chi connectivity index (χ3v) is 6.03. The van der Waals surface area contributed by atoms with Crippen molar-refractivity contribution in [1.29, 1.82) is 0 Å². The maximum Gasteiger partial charge on any atom is 0.238 e. The van der Waals surface area contributed by atoms with Crippen LogP contribution in [0.1, 0.15) is 43.4 Å². The van der Waals surface area contributed by atoms with Crippen molar-refractivity contribution in [2.45, 2.75) is 44.8 Å². The molecule has 2 aliphatic rings. The van der Waals surface area contributed by atoms with Gasteiger partial charge in [-0.25, -0.2) is 4.98 Å². The summed E-state index contributed by atoms with van der Waals surface area (Å²) in [6.07, 6.45) is 5.17. The molecule has 1 fully saturated rings. The molecule has 0 radical (unpaired) electrons. The van der Waals surface area contributed by atoms with Crippen molar-refractivity contribution >= 4 is 44.5 Å². The molecule has 0 saturated carbocycles. The van der Waals surface area contributed by atoms with Crippen LogP contribution in [-0.4, -0.2) is 44.9 Å². The number of aromatic nitrogens is 4. The first-order valence-electron chi connectivity index (χ1n) is 10.3. The zero-order chi connectivity index (χ0) is 20.7. The second-order valence-corrected chi connectivity index (χ2v) is 8.65. The molecule has 4 heterocycles. The van der Waals surface area contributed by atoms with Gasteiger partial charge in [0.15, 0.2) is 5.65 Å². The molecule has 9 heteroatoms. The Morgan fingerprint density at radius 1 is 1.37 bits per heavy atom. The zero-order valence-electron chi connectivity index (χ0n) is 16.7. The van der Waals surface area contributed by atoms with E-state index in [1.165, 1.54) is 0 Å². The molecule has 0 spiro atoms. The maximum atomic E-state index is 12.9. The van der Waals surface area contributed by atoms with Crippen molar-refractivity contribution in [3.05, 3.63) is 40.1 Å². The summed E-state index contributed by atoms with van der Waals surface area (Å²) in [5.41, 5.74) is 2.99. The Labute approximate surface area is 182 Å². The summed E-state index contributed by atoms with van der Waals surface area (Å²) >= 11 is 3.52. The quantitative estimate of drug-likeness (QED) is 0.570. The second-order valence-electron chi connectivity index (χ2n) is 7.73. The number of hydrogen-bond acceptors (Lipinski definition) is 6. The zero-order valence-corrected chi connectivity index (χ0v) is 18.3. The molecule has 2 aromatic heterocycles. The fourth-order valence-electron chi connectivity index (χ4n) is 4.13. The van der Waals surface area contributed by atoms with Crippen molar-refractivity contribution in [2.24, 2.45) is 0 Å². The van der Waals surface area contributed by atoms with E-state index < -0.39 is 5.92 Å². The van der Waals surface area contributed by atoms with Crippen molar-refractivity contribution in [1.82, 2.24) is 19.7 Å². The van der Waals surface area contributed by atoms with E-state index in [4.69, 9.17) is 9.72 Å². The molecule has 1 unspecified atom stereocenters. The van der Waals surface area contributed by atoms with Crippen LogP contribution in [0, 0.1) is 0 Å². The third kappa shape index (κ3) is 3.56. The van der Waals surface area contributed by atoms with Crippen LogP contribution in [0.15, 0.2) is 28.9 Å². The monoisotopic (exact) mass is 470 g/mol. The third-order valence-electron chi connectivity index (χ3n) is 5.54. The minimum absolute atomic E-state index is 0.0867. The predicted octanol–water partition coefficient (Wildman–Crippen LogP) is 3.67. The average molecular weight is 471 g/mol. The molecular formula is C21H23BrN6O2. The number of benzene rings is 1. The number of rotatable bonds is 6. The number of halogens is 1. The fourth-order valence-corrected chi connectivity index (χ4v) is 4.51. The lowest BCUT2D eigenvalue weighted by Crippen LogP contribution is -2.21. The van der Waals surface area contributed by atoms with Gasteiger partial charge in [-0.3, -0.25) is 9.48 Å². The van der Waals surface area contributed by atoms with Crippen molar-refractivity contribution in [2.75, 3.05) is 23.8 Å². The topological polar surface area (TPSA) is 94.0 Å². The van der Waals surface area contributed by atoms with E-state index >= 15 is 0 Å². The SMILES string of the molecule is CCCn1cc2c(C3C(=O)Nc4ccc(Br)cc43)nc(NC[C@@H]3CCCO3)nc2n1. The maximum absolute atomic E-state index is 12.9. The number of anilines is 2. The van der Waals surface area contributed by atoms with Gasteiger partial charge in [-0.1, -0.05) is 22.9 Å². The van der Waals surface area contributed by atoms with Gasteiger partial charge in [0.2, 0.25) is 11.9 Å². The lowest BCUT2D eigenvalue weighted by Gasteiger charge is -2.14. The summed E-state index contributed by atoms with van der Waals surface area (Å²) in [6.45, 7) is 4.33. The molecule has 30 heavy (non-hydrogen) atoms. The number of aryl methyl sites for hydroxylation is 1. The fraction of sp³-hybridized carbons (Fsp3) is 0.429. The number of carbonyl (C=O) groups excluding carboxylic acids is 1. The number of hydrogen-bond donors (Lipinski definition) is 2. The Kier molecular flexibility index (Phi) is 5.16. The predicted molar refractivity (Wildman–Crippen MR) is 118 cm³/mol. The van der Waals surface area contributed by atoms with E-state index in [9.17, 15) is 4.79 Å². The van der Waals surface area contributed by atoms with Crippen LogP contribution >= 0.6 is 15.9 Å². The van der Waals surface area contributed by atoms with Crippen LogP contribution in [0.3, 0.4) is 0 Å². The Hall–Kier alpha value is -2.52. The lowest BCUT2D eigenvalue weighted by atomic mass is 9.95. The van der Waals surface area contributed by atoms with Gasteiger partial charge in [0.1, 0.15) is 5.92 Å². The van der Waals surface area contributed by atoms with E-state index in [1.54, 1.807) is 0 Å². The lowest BCUT2D eigenvalue weighted by molar-refractivity contribution is -0.116. The first kappa shape index (κ1) is 19.4. The molecule has 1 amide bonds. The minimum atomic E-state index is -0.509. The van der Waals surface area contributed by atoms with Crippen molar-refractivity contribution in [3.8, 4) is 0 Å². The van der Waals surface area contributed by atoms with Gasteiger partial charge in [0, 0.05) is 36.1 Å². The molecule has 156 valence electrons. The van der Waals surface area contributed by atoms with Gasteiger partial charge >= 0.3 is 0 Å². The van der Waals surface area contributed by atoms with Crippen LogP contribution in [0.25, 0.3) is 11.0 Å². The summed E-state index contributed by atoms with van der Waals surface area (Å²) in [5, 5.41) is 11.7. The molecule has 0 aliphatic carbocycles. The summed E-state index contributed by atoms with van der Waals surface area (Å²) < 4.78 is 8.50. The summed E-state index contributed by atoms with van der Waals surface area (Å²) in [4.78, 5) is 22.4. The van der Waals surface area contributed by atoms with Crippen LogP contribution in [-0.2, 0) is 16.1 Å². The Balaban J connectivity index is 1.58. The van der Waals surface area contributed by atoms with Crippen LogP contribution in [0.2, 0.25) is 0 Å². The normalized spacial score (nSPS) is 20.5. The highest BCUT2D eigenvalue weighted by Gasteiger charge is 2.35. The highest BCUT2D eigenvalue weighted by molar-refractivity contribution is 9.10. The van der Waals surface area contributed by atoms with Crippen molar-refractivity contribution < 1.29 is 9.53 Å². The molecule has 8 nitrogen and oxygen atoms in total. The van der Waals surface area contributed by atoms with Crippen LogP contribution in [0.4, 0.5) is 11.6 Å². The molecule has 1 saturated heterocycles. The van der Waals surface area contributed by atoms with Gasteiger partial charge in [0.25, 0.3) is 0 Å². The molecule has 2 atom stereocenters. The molecule has 2 N–H and O–H groups in total. The number of fused-ring (bicyclic) bond motifs is 2. The summed E-state index contributed by atoms with van der Waals surface area (Å²) in [7, 11) is 0.